The van der Waals surface area contributed by atoms with Gasteiger partial charge in [0.05, 0.1) is 11.6 Å². The van der Waals surface area contributed by atoms with Crippen molar-refractivity contribution in [1.82, 2.24) is 5.32 Å². The van der Waals surface area contributed by atoms with Gasteiger partial charge in [-0.2, -0.15) is 10.5 Å². The first-order valence-corrected chi connectivity index (χ1v) is 5.49. The van der Waals surface area contributed by atoms with Crippen LogP contribution in [-0.4, -0.2) is 11.9 Å². The molecule has 4 heteroatoms. The van der Waals surface area contributed by atoms with Crippen LogP contribution in [0.1, 0.15) is 25.0 Å². The van der Waals surface area contributed by atoms with Crippen LogP contribution < -0.4 is 5.32 Å². The summed E-state index contributed by atoms with van der Waals surface area (Å²) in [5, 5.41) is 20.3. The third-order valence-corrected chi connectivity index (χ3v) is 2.14. The number of amides is 1. The van der Waals surface area contributed by atoms with Crippen molar-refractivity contribution in [3.8, 4) is 12.1 Å². The van der Waals surface area contributed by atoms with Crippen LogP contribution in [0.5, 0.6) is 0 Å². The predicted molar refractivity (Wildman–Crippen MR) is 68.0 cm³/mol. The third-order valence-electron chi connectivity index (χ3n) is 2.14. The Balaban J connectivity index is 2.94. The van der Waals surface area contributed by atoms with Crippen molar-refractivity contribution < 1.29 is 4.79 Å². The molecule has 1 amide bonds. The largest absolute Gasteiger partial charge is 0.349 e. The summed E-state index contributed by atoms with van der Waals surface area (Å²) >= 11 is 0. The molecule has 0 saturated heterocycles. The van der Waals surface area contributed by atoms with Gasteiger partial charge in [-0.05, 0) is 37.6 Å². The highest BCUT2D eigenvalue weighted by Crippen LogP contribution is 2.08. The van der Waals surface area contributed by atoms with E-state index in [-0.39, 0.29) is 11.6 Å². The van der Waals surface area contributed by atoms with E-state index in [0.717, 1.165) is 0 Å². The molecular formula is C14H13N3O. The molecule has 0 heterocycles. The van der Waals surface area contributed by atoms with Crippen molar-refractivity contribution >= 4 is 12.0 Å². The fraction of sp³-hybridized carbons (Fsp3) is 0.214. The molecule has 90 valence electrons. The second-order valence-electron chi connectivity index (χ2n) is 4.03. The number of carbonyl (C=O) groups excluding carboxylic acids is 1. The Kier molecular flexibility index (Phi) is 4.66. The molecule has 4 nitrogen and oxygen atoms in total. The Morgan fingerprint density at radius 2 is 1.89 bits per heavy atom. The lowest BCUT2D eigenvalue weighted by Crippen LogP contribution is -2.30. The van der Waals surface area contributed by atoms with Crippen LogP contribution >= 0.6 is 0 Å². The molecule has 0 saturated carbocycles. The Labute approximate surface area is 106 Å². The van der Waals surface area contributed by atoms with Crippen molar-refractivity contribution in [2.75, 3.05) is 0 Å². The fourth-order valence-corrected chi connectivity index (χ4v) is 1.31. The fourth-order valence-electron chi connectivity index (χ4n) is 1.31. The second-order valence-corrected chi connectivity index (χ2v) is 4.03. The zero-order chi connectivity index (χ0) is 13.5. The van der Waals surface area contributed by atoms with Gasteiger partial charge < -0.3 is 5.32 Å². The zero-order valence-corrected chi connectivity index (χ0v) is 10.3. The molecule has 0 radical (unpaired) electrons. The van der Waals surface area contributed by atoms with E-state index in [1.165, 1.54) is 6.08 Å². The lowest BCUT2D eigenvalue weighted by Gasteiger charge is -2.06. The smallest absolute Gasteiger partial charge is 0.262 e. The molecule has 1 aromatic rings. The molecule has 1 aromatic carbocycles. The van der Waals surface area contributed by atoms with E-state index < -0.39 is 5.91 Å². The number of benzene rings is 1. The second kappa shape index (κ2) is 6.22. The monoisotopic (exact) mass is 239 g/mol. The minimum atomic E-state index is -0.392. The summed E-state index contributed by atoms with van der Waals surface area (Å²) in [4.78, 5) is 11.7. The topological polar surface area (TPSA) is 76.7 Å². The maximum atomic E-state index is 11.7. The van der Waals surface area contributed by atoms with Crippen molar-refractivity contribution in [2.45, 2.75) is 19.9 Å². The Hall–Kier alpha value is -2.59. The average molecular weight is 239 g/mol. The maximum absolute atomic E-state index is 11.7. The van der Waals surface area contributed by atoms with Gasteiger partial charge in [0.15, 0.2) is 0 Å². The van der Waals surface area contributed by atoms with Crippen molar-refractivity contribution in [3.05, 3.63) is 41.0 Å². The number of rotatable bonds is 3. The summed E-state index contributed by atoms with van der Waals surface area (Å²) in [5.74, 6) is -0.392. The normalized spacial score (nSPS) is 10.6. The molecule has 0 spiro atoms. The van der Waals surface area contributed by atoms with Crippen LogP contribution in [0.4, 0.5) is 0 Å². The molecule has 18 heavy (non-hydrogen) atoms. The quantitative estimate of drug-likeness (QED) is 0.647. The molecule has 0 atom stereocenters. The summed E-state index contributed by atoms with van der Waals surface area (Å²) in [6.07, 6.45) is 1.50. The third kappa shape index (κ3) is 3.77. The van der Waals surface area contributed by atoms with E-state index in [2.05, 4.69) is 5.32 Å². The van der Waals surface area contributed by atoms with Gasteiger partial charge in [-0.3, -0.25) is 4.79 Å². The Morgan fingerprint density at radius 3 is 2.33 bits per heavy atom. The standard InChI is InChI=1S/C14H13N3O/c1-10(2)17-14(18)13(9-16)7-11-3-5-12(8-15)6-4-11/h3-7,10H,1-2H3,(H,17,18). The number of nitriles is 2. The number of carbonyl (C=O) groups is 1. The van der Waals surface area contributed by atoms with Gasteiger partial charge >= 0.3 is 0 Å². The molecular weight excluding hydrogens is 226 g/mol. The molecule has 1 N–H and O–H groups in total. The van der Waals surface area contributed by atoms with E-state index in [0.29, 0.717) is 11.1 Å². The van der Waals surface area contributed by atoms with E-state index in [4.69, 9.17) is 10.5 Å². The van der Waals surface area contributed by atoms with Crippen LogP contribution in [0.3, 0.4) is 0 Å². The molecule has 0 fully saturated rings. The molecule has 1 rings (SSSR count). The highest BCUT2D eigenvalue weighted by atomic mass is 16.1. The highest BCUT2D eigenvalue weighted by molar-refractivity contribution is 6.01. The average Bonchev–Trinajstić information content (AvgIpc) is 2.35. The van der Waals surface area contributed by atoms with E-state index in [9.17, 15) is 4.79 Å². The number of hydrogen-bond acceptors (Lipinski definition) is 3. The van der Waals surface area contributed by atoms with Gasteiger partial charge in [0.1, 0.15) is 11.6 Å². The summed E-state index contributed by atoms with van der Waals surface area (Å²) in [7, 11) is 0. The first kappa shape index (κ1) is 13.5. The van der Waals surface area contributed by atoms with Gasteiger partial charge in [0, 0.05) is 6.04 Å². The van der Waals surface area contributed by atoms with E-state index in [1.54, 1.807) is 24.3 Å². The van der Waals surface area contributed by atoms with Gasteiger partial charge in [0.2, 0.25) is 0 Å². The molecule has 0 bridgehead atoms. The van der Waals surface area contributed by atoms with Gasteiger partial charge in [-0.15, -0.1) is 0 Å². The molecule has 0 unspecified atom stereocenters. The van der Waals surface area contributed by atoms with Gasteiger partial charge in [0.25, 0.3) is 5.91 Å². The number of hydrogen-bond donors (Lipinski definition) is 1. The van der Waals surface area contributed by atoms with E-state index in [1.807, 2.05) is 26.0 Å². The van der Waals surface area contributed by atoms with Crippen molar-refractivity contribution in [2.24, 2.45) is 0 Å². The molecule has 0 aliphatic rings. The minimum Gasteiger partial charge on any atom is -0.349 e. The van der Waals surface area contributed by atoms with Gasteiger partial charge in [-0.1, -0.05) is 12.1 Å². The molecule has 0 aromatic heterocycles. The highest BCUT2D eigenvalue weighted by Gasteiger charge is 2.09. The van der Waals surface area contributed by atoms with Crippen LogP contribution in [0.2, 0.25) is 0 Å². The predicted octanol–water partition coefficient (Wildman–Crippen LogP) is 1.99. The summed E-state index contributed by atoms with van der Waals surface area (Å²) in [6, 6.07) is 10.5. The number of nitrogens with one attached hydrogen (secondary N) is 1. The first-order chi connectivity index (χ1) is 8.56. The van der Waals surface area contributed by atoms with Crippen LogP contribution in [0.15, 0.2) is 29.8 Å². The maximum Gasteiger partial charge on any atom is 0.262 e. The van der Waals surface area contributed by atoms with Crippen LogP contribution in [0, 0.1) is 22.7 Å². The molecule has 0 aliphatic carbocycles. The summed E-state index contributed by atoms with van der Waals surface area (Å²) in [5.41, 5.74) is 1.30. The van der Waals surface area contributed by atoms with Crippen LogP contribution in [0.25, 0.3) is 6.08 Å². The lowest BCUT2D eigenvalue weighted by molar-refractivity contribution is -0.117. The van der Waals surface area contributed by atoms with Crippen LogP contribution in [-0.2, 0) is 4.79 Å². The summed E-state index contributed by atoms with van der Waals surface area (Å²) in [6.45, 7) is 3.66. The molecule has 0 aliphatic heterocycles. The van der Waals surface area contributed by atoms with Gasteiger partial charge in [-0.25, -0.2) is 0 Å². The van der Waals surface area contributed by atoms with Crippen molar-refractivity contribution in [1.29, 1.82) is 10.5 Å². The Bertz CT molecular complexity index is 542. The lowest BCUT2D eigenvalue weighted by atomic mass is 10.1. The Morgan fingerprint density at radius 1 is 1.28 bits per heavy atom. The zero-order valence-electron chi connectivity index (χ0n) is 10.3. The first-order valence-electron chi connectivity index (χ1n) is 5.49. The summed E-state index contributed by atoms with van der Waals surface area (Å²) < 4.78 is 0. The number of nitrogens with zero attached hydrogens (tertiary/aromatic N) is 2. The minimum absolute atomic E-state index is 0.0183. The van der Waals surface area contributed by atoms with E-state index >= 15 is 0 Å². The van der Waals surface area contributed by atoms with Crippen molar-refractivity contribution in [3.63, 3.8) is 0 Å². The SMILES string of the molecule is CC(C)NC(=O)C(C#N)=Cc1ccc(C#N)cc1.